The lowest BCUT2D eigenvalue weighted by Gasteiger charge is -2.26. The van der Waals surface area contributed by atoms with Gasteiger partial charge in [0.05, 0.1) is 5.41 Å². The molecule has 1 aromatic rings. The fourth-order valence-corrected chi connectivity index (χ4v) is 2.13. The van der Waals surface area contributed by atoms with Gasteiger partial charge in [0.2, 0.25) is 11.8 Å². The van der Waals surface area contributed by atoms with E-state index in [1.807, 2.05) is 0 Å². The van der Waals surface area contributed by atoms with Crippen LogP contribution >= 0.6 is 0 Å². The average molecular weight is 337 g/mol. The van der Waals surface area contributed by atoms with Gasteiger partial charge in [0.15, 0.2) is 0 Å². The molecule has 0 fully saturated rings. The van der Waals surface area contributed by atoms with Crippen LogP contribution in [0.4, 0.5) is 0 Å². The summed E-state index contributed by atoms with van der Waals surface area (Å²) >= 11 is 0. The molecule has 132 valence electrons. The lowest BCUT2D eigenvalue weighted by atomic mass is 9.91. The molecule has 8 nitrogen and oxygen atoms in total. The number of nitrogens with two attached hydrogens (primary N) is 1. The van der Waals surface area contributed by atoms with Gasteiger partial charge in [0.25, 0.3) is 5.56 Å². The fraction of sp³-hybridized carbons (Fsp3) is 0.500. The molecule has 0 spiro atoms. The SMILES string of the molecule is Cc1ccn(CC(C)(C)C(=O)NC(CCC(N)=O)C(=O)O)c(=O)c1. The third kappa shape index (κ3) is 5.53. The molecular weight excluding hydrogens is 314 g/mol. The minimum absolute atomic E-state index is 0.0863. The first kappa shape index (κ1) is 19.4. The molecule has 0 saturated heterocycles. The van der Waals surface area contributed by atoms with E-state index in [2.05, 4.69) is 5.32 Å². The highest BCUT2D eigenvalue weighted by molar-refractivity contribution is 5.87. The van der Waals surface area contributed by atoms with E-state index in [0.29, 0.717) is 0 Å². The van der Waals surface area contributed by atoms with Gasteiger partial charge >= 0.3 is 5.97 Å². The minimum atomic E-state index is -1.24. The molecule has 0 aromatic carbocycles. The second-order valence-electron chi connectivity index (χ2n) is 6.42. The number of rotatable bonds is 8. The van der Waals surface area contributed by atoms with Crippen molar-refractivity contribution in [2.75, 3.05) is 0 Å². The normalized spacial score (nSPS) is 12.5. The van der Waals surface area contributed by atoms with E-state index in [1.54, 1.807) is 33.0 Å². The second kappa shape index (κ2) is 7.76. The van der Waals surface area contributed by atoms with E-state index >= 15 is 0 Å². The molecule has 1 atom stereocenters. The maximum Gasteiger partial charge on any atom is 0.326 e. The predicted octanol–water partition coefficient (Wildman–Crippen LogP) is 0.0178. The van der Waals surface area contributed by atoms with Gasteiger partial charge < -0.3 is 20.7 Å². The fourth-order valence-electron chi connectivity index (χ4n) is 2.13. The Hall–Kier alpha value is -2.64. The molecule has 1 aromatic heterocycles. The van der Waals surface area contributed by atoms with Crippen molar-refractivity contribution < 1.29 is 19.5 Å². The summed E-state index contributed by atoms with van der Waals surface area (Å²) in [4.78, 5) is 46.3. The zero-order valence-corrected chi connectivity index (χ0v) is 14.0. The summed E-state index contributed by atoms with van der Waals surface area (Å²) in [6.07, 6.45) is 1.36. The van der Waals surface area contributed by atoms with Crippen molar-refractivity contribution in [3.63, 3.8) is 0 Å². The van der Waals surface area contributed by atoms with Crippen molar-refractivity contribution in [2.24, 2.45) is 11.1 Å². The zero-order valence-electron chi connectivity index (χ0n) is 14.0. The van der Waals surface area contributed by atoms with E-state index in [0.717, 1.165) is 5.56 Å². The maximum atomic E-state index is 12.4. The number of hydrogen-bond donors (Lipinski definition) is 3. The minimum Gasteiger partial charge on any atom is -0.480 e. The van der Waals surface area contributed by atoms with E-state index in [9.17, 15) is 19.2 Å². The van der Waals surface area contributed by atoms with Gasteiger partial charge in [-0.2, -0.15) is 0 Å². The van der Waals surface area contributed by atoms with Crippen molar-refractivity contribution in [2.45, 2.75) is 46.2 Å². The number of aromatic nitrogens is 1. The number of nitrogens with one attached hydrogen (secondary N) is 1. The summed E-state index contributed by atoms with van der Waals surface area (Å²) in [6.45, 7) is 5.11. The van der Waals surface area contributed by atoms with E-state index < -0.39 is 29.2 Å². The molecule has 0 radical (unpaired) electrons. The van der Waals surface area contributed by atoms with Crippen molar-refractivity contribution in [1.82, 2.24) is 9.88 Å². The molecular formula is C16H23N3O5. The van der Waals surface area contributed by atoms with Crippen LogP contribution in [-0.2, 0) is 20.9 Å². The number of amides is 2. The number of aryl methyl sites for hydroxylation is 1. The van der Waals surface area contributed by atoms with Crippen LogP contribution in [0.25, 0.3) is 0 Å². The molecule has 0 aliphatic heterocycles. The van der Waals surface area contributed by atoms with Crippen LogP contribution in [-0.4, -0.2) is 33.5 Å². The van der Waals surface area contributed by atoms with Gasteiger partial charge in [0.1, 0.15) is 6.04 Å². The van der Waals surface area contributed by atoms with Crippen LogP contribution in [0.5, 0.6) is 0 Å². The average Bonchev–Trinajstić information content (AvgIpc) is 2.45. The number of hydrogen-bond acceptors (Lipinski definition) is 4. The summed E-state index contributed by atoms with van der Waals surface area (Å²) in [5.74, 6) is -2.40. The molecule has 1 heterocycles. The molecule has 8 heteroatoms. The highest BCUT2D eigenvalue weighted by atomic mass is 16.4. The lowest BCUT2D eigenvalue weighted by Crippen LogP contribution is -2.48. The van der Waals surface area contributed by atoms with Gasteiger partial charge in [-0.3, -0.25) is 14.4 Å². The van der Waals surface area contributed by atoms with Gasteiger partial charge in [0, 0.05) is 25.2 Å². The lowest BCUT2D eigenvalue weighted by molar-refractivity contribution is -0.144. The van der Waals surface area contributed by atoms with E-state index in [4.69, 9.17) is 10.8 Å². The highest BCUT2D eigenvalue weighted by Crippen LogP contribution is 2.18. The number of nitrogens with zero attached hydrogens (tertiary/aromatic N) is 1. The quantitative estimate of drug-likeness (QED) is 0.615. The molecule has 1 rings (SSSR count). The number of carbonyl (C=O) groups is 3. The van der Waals surface area contributed by atoms with Crippen molar-refractivity contribution in [3.8, 4) is 0 Å². The summed E-state index contributed by atoms with van der Waals surface area (Å²) in [5, 5.41) is 11.5. The van der Waals surface area contributed by atoms with Crippen LogP contribution in [0.1, 0.15) is 32.3 Å². The summed E-state index contributed by atoms with van der Waals surface area (Å²) < 4.78 is 1.39. The van der Waals surface area contributed by atoms with Gasteiger partial charge in [-0.05, 0) is 38.8 Å². The Morgan fingerprint density at radius 3 is 2.50 bits per heavy atom. The Morgan fingerprint density at radius 2 is 2.00 bits per heavy atom. The zero-order chi connectivity index (χ0) is 18.5. The summed E-state index contributed by atoms with van der Waals surface area (Å²) in [7, 11) is 0. The Morgan fingerprint density at radius 1 is 1.38 bits per heavy atom. The van der Waals surface area contributed by atoms with Crippen LogP contribution in [0.2, 0.25) is 0 Å². The summed E-state index contributed by atoms with van der Waals surface area (Å²) in [6, 6.07) is 2.00. The first-order chi connectivity index (χ1) is 11.0. The van der Waals surface area contributed by atoms with Gasteiger partial charge in [-0.1, -0.05) is 0 Å². The molecule has 24 heavy (non-hydrogen) atoms. The third-order valence-electron chi connectivity index (χ3n) is 3.61. The molecule has 4 N–H and O–H groups in total. The van der Waals surface area contributed by atoms with Gasteiger partial charge in [-0.15, -0.1) is 0 Å². The Bertz CT molecular complexity index is 693. The van der Waals surface area contributed by atoms with Crippen LogP contribution in [0.3, 0.4) is 0 Å². The number of carboxylic acid groups (broad SMARTS) is 1. The van der Waals surface area contributed by atoms with Gasteiger partial charge in [-0.25, -0.2) is 4.79 Å². The van der Waals surface area contributed by atoms with E-state index in [-0.39, 0.29) is 24.9 Å². The molecule has 0 saturated carbocycles. The number of aliphatic carboxylic acids is 1. The first-order valence-electron chi connectivity index (χ1n) is 7.52. The largest absolute Gasteiger partial charge is 0.480 e. The molecule has 2 amide bonds. The maximum absolute atomic E-state index is 12.4. The van der Waals surface area contributed by atoms with Crippen molar-refractivity contribution in [3.05, 3.63) is 34.2 Å². The third-order valence-corrected chi connectivity index (χ3v) is 3.61. The highest BCUT2D eigenvalue weighted by Gasteiger charge is 2.32. The molecule has 0 aliphatic rings. The first-order valence-corrected chi connectivity index (χ1v) is 7.52. The summed E-state index contributed by atoms with van der Waals surface area (Å²) in [5.41, 5.74) is 4.57. The smallest absolute Gasteiger partial charge is 0.326 e. The van der Waals surface area contributed by atoms with Crippen LogP contribution in [0, 0.1) is 12.3 Å². The number of carboxylic acids is 1. The van der Waals surface area contributed by atoms with Crippen LogP contribution in [0.15, 0.2) is 23.1 Å². The van der Waals surface area contributed by atoms with Crippen LogP contribution < -0.4 is 16.6 Å². The topological polar surface area (TPSA) is 131 Å². The second-order valence-corrected chi connectivity index (χ2v) is 6.42. The predicted molar refractivity (Wildman–Crippen MR) is 87.2 cm³/mol. The molecule has 0 aliphatic carbocycles. The number of carbonyl (C=O) groups excluding carboxylic acids is 2. The van der Waals surface area contributed by atoms with E-state index in [1.165, 1.54) is 10.6 Å². The number of pyridine rings is 1. The monoisotopic (exact) mass is 337 g/mol. The number of primary amides is 1. The standard InChI is InChI=1S/C16H23N3O5/c1-10-6-7-19(13(21)8-10)9-16(2,3)15(24)18-11(14(22)23)4-5-12(17)20/h6-8,11H,4-5,9H2,1-3H3,(H2,17,20)(H,18,24)(H,22,23). The molecule has 1 unspecified atom stereocenters. The van der Waals surface area contributed by atoms with Crippen molar-refractivity contribution in [1.29, 1.82) is 0 Å². The van der Waals surface area contributed by atoms with Crippen molar-refractivity contribution >= 4 is 17.8 Å². The Kier molecular flexibility index (Phi) is 6.27. The Labute approximate surface area is 139 Å². The molecule has 0 bridgehead atoms. The Balaban J connectivity index is 2.84.